The SMILES string of the molecule is CC(C)=C[C@H]1CC(C)(O)C2[C@H]3CCC4[C@@]5(C)CC[C@H](OC6OCC(O)C(OC7OC(COC8OC(CO)C(O)C(O)C8O)C(O)C(O)C7OC7OCC(O)C(O)C7O)C6OC6OC(C)C(O)C(O)C6O)C(C)(C)C5CC[C@@]4(C)[C@@]34CO[C@@]2(C4)O1. The smallest absolute Gasteiger partial charge is 0.187 e. The second-order valence-electron chi connectivity index (χ2n) is 28.2. The van der Waals surface area contributed by atoms with Crippen molar-refractivity contribution in [3.8, 4) is 0 Å². The summed E-state index contributed by atoms with van der Waals surface area (Å²) in [4.78, 5) is 0. The van der Waals surface area contributed by atoms with Crippen molar-refractivity contribution in [3.05, 3.63) is 11.6 Å². The standard InChI is InChI=1S/C58H94O26/c1-23(2)15-25-16-56(8,72)47-26-9-10-32-54(6)13-12-33(53(4,5)31(54)11-14-55(32,7)57(26)21-58(47,84-25)76-22-57)80-51-46(83-50-43(71)38(66)34(62)24(3)77-50)44(28(61)19-74-51)81-52-45(82-49-41(69)35(63)27(60)18-73-49)40(68)37(65)30(79-52)20-75-48-42(70)39(67)36(64)29(17-59)78-48/h15,24-52,59-72H,9-14,16-22H2,1-8H3/t24?,25-,26+,27?,28?,29?,30?,31?,32?,33-,34?,35?,36?,37?,38?,39?,40?,41?,42?,43?,44?,45?,46?,47?,48?,49?,50?,51?,52?,54-,55+,56?,57-,58-/m0/s1. The lowest BCUT2D eigenvalue weighted by Gasteiger charge is -2.70. The molecule has 11 aliphatic rings. The fourth-order valence-electron chi connectivity index (χ4n) is 18.3. The number of hydrogen-bond acceptors (Lipinski definition) is 26. The highest BCUT2D eigenvalue weighted by Crippen LogP contribution is 2.80. The van der Waals surface area contributed by atoms with E-state index in [2.05, 4.69) is 33.8 Å². The maximum Gasteiger partial charge on any atom is 0.187 e. The molecule has 4 saturated carbocycles. The number of ether oxygens (including phenoxy) is 12. The fraction of sp³-hybridized carbons (Fsp3) is 0.966. The molecule has 34 atom stereocenters. The van der Waals surface area contributed by atoms with E-state index in [-0.39, 0.29) is 46.0 Å². The van der Waals surface area contributed by atoms with Gasteiger partial charge in [-0.05, 0) is 100 Å². The van der Waals surface area contributed by atoms with Crippen LogP contribution < -0.4 is 0 Å². The Kier molecular flexibility index (Phi) is 17.9. The summed E-state index contributed by atoms with van der Waals surface area (Å²) in [5, 5.41) is 154. The van der Waals surface area contributed by atoms with Crippen molar-refractivity contribution < 1.29 is 128 Å². The second-order valence-corrected chi connectivity index (χ2v) is 28.2. The molecule has 482 valence electrons. The van der Waals surface area contributed by atoms with Crippen LogP contribution >= 0.6 is 0 Å². The van der Waals surface area contributed by atoms with Crippen LogP contribution in [-0.2, 0) is 56.8 Å². The zero-order valence-corrected chi connectivity index (χ0v) is 49.2. The van der Waals surface area contributed by atoms with Crippen LogP contribution in [0.25, 0.3) is 0 Å². The summed E-state index contributed by atoms with van der Waals surface area (Å²) in [6.45, 7) is 14.8. The lowest BCUT2D eigenvalue weighted by Crippen LogP contribution is -2.68. The molecule has 7 heterocycles. The van der Waals surface area contributed by atoms with Gasteiger partial charge < -0.3 is 128 Å². The molecule has 84 heavy (non-hydrogen) atoms. The van der Waals surface area contributed by atoms with Crippen molar-refractivity contribution in [2.45, 2.75) is 272 Å². The van der Waals surface area contributed by atoms with Crippen molar-refractivity contribution in [2.75, 3.05) is 33.0 Å². The molecule has 2 spiro atoms. The Labute approximate surface area is 488 Å². The van der Waals surface area contributed by atoms with Crippen LogP contribution in [-0.4, -0.2) is 269 Å². The molecule has 26 heteroatoms. The van der Waals surface area contributed by atoms with Gasteiger partial charge in [0, 0.05) is 24.2 Å². The maximum absolute atomic E-state index is 12.3. The quantitative estimate of drug-likeness (QED) is 0.0658. The van der Waals surface area contributed by atoms with Crippen molar-refractivity contribution in [2.24, 2.45) is 45.3 Å². The maximum atomic E-state index is 12.3. The van der Waals surface area contributed by atoms with E-state index < -0.39 is 191 Å². The van der Waals surface area contributed by atoms with Crippen LogP contribution in [0.2, 0.25) is 0 Å². The molecular formula is C58H94O26. The van der Waals surface area contributed by atoms with Crippen molar-refractivity contribution in [3.63, 3.8) is 0 Å². The molecule has 4 aliphatic carbocycles. The summed E-state index contributed by atoms with van der Waals surface area (Å²) in [5.74, 6) is -0.440. The molecule has 27 unspecified atom stereocenters. The molecule has 26 nitrogen and oxygen atoms in total. The molecule has 11 rings (SSSR count). The Morgan fingerprint density at radius 1 is 0.583 bits per heavy atom. The molecule has 14 N–H and O–H groups in total. The Morgan fingerprint density at radius 3 is 1.93 bits per heavy atom. The molecule has 7 saturated heterocycles. The Bertz CT molecular complexity index is 2330. The van der Waals surface area contributed by atoms with E-state index in [4.69, 9.17) is 56.8 Å². The van der Waals surface area contributed by atoms with Crippen molar-refractivity contribution >= 4 is 0 Å². The van der Waals surface area contributed by atoms with Crippen molar-refractivity contribution in [1.82, 2.24) is 0 Å². The summed E-state index contributed by atoms with van der Waals surface area (Å²) in [7, 11) is 0. The van der Waals surface area contributed by atoms with E-state index in [0.29, 0.717) is 19.4 Å². The first kappa shape index (κ1) is 64.2. The third-order valence-corrected chi connectivity index (χ3v) is 22.5. The zero-order chi connectivity index (χ0) is 60.7. The number of aliphatic hydroxyl groups excluding tert-OH is 13. The fourth-order valence-corrected chi connectivity index (χ4v) is 18.3. The lowest BCUT2D eigenvalue weighted by atomic mass is 9.35. The van der Waals surface area contributed by atoms with Gasteiger partial charge in [-0.25, -0.2) is 0 Å². The third-order valence-electron chi connectivity index (χ3n) is 22.5. The first-order chi connectivity index (χ1) is 39.4. The Hall–Kier alpha value is -1.30. The van der Waals surface area contributed by atoms with Crippen molar-refractivity contribution in [1.29, 1.82) is 0 Å². The highest BCUT2D eigenvalue weighted by Gasteiger charge is 2.81. The number of hydrogen-bond donors (Lipinski definition) is 14. The van der Waals surface area contributed by atoms with Gasteiger partial charge in [0.2, 0.25) is 0 Å². The second kappa shape index (κ2) is 23.4. The van der Waals surface area contributed by atoms with Crippen LogP contribution in [0.4, 0.5) is 0 Å². The predicted octanol–water partition coefficient (Wildman–Crippen LogP) is -2.72. The summed E-state index contributed by atoms with van der Waals surface area (Å²) < 4.78 is 75.5. The van der Waals surface area contributed by atoms with Gasteiger partial charge in [0.25, 0.3) is 0 Å². The van der Waals surface area contributed by atoms with E-state index in [0.717, 1.165) is 44.1 Å². The largest absolute Gasteiger partial charge is 0.394 e. The van der Waals surface area contributed by atoms with E-state index in [9.17, 15) is 71.5 Å². The van der Waals surface area contributed by atoms with Crippen LogP contribution in [0.1, 0.15) is 107 Å². The number of fused-ring (bicyclic) bond motifs is 4. The average molecular weight is 1210 g/mol. The normalized spacial score (nSPS) is 57.1. The van der Waals surface area contributed by atoms with Gasteiger partial charge in [0.15, 0.2) is 37.2 Å². The molecule has 0 aromatic rings. The Morgan fingerprint density at radius 2 is 1.21 bits per heavy atom. The molecule has 0 aromatic heterocycles. The van der Waals surface area contributed by atoms with Crippen LogP contribution in [0.5, 0.6) is 0 Å². The highest BCUT2D eigenvalue weighted by molar-refractivity contribution is 5.27. The van der Waals surface area contributed by atoms with Gasteiger partial charge in [0.1, 0.15) is 104 Å². The molecular weight excluding hydrogens is 1110 g/mol. The number of aliphatic hydroxyl groups is 14. The topological polar surface area (TPSA) is 394 Å². The molecule has 11 fully saturated rings. The summed E-state index contributed by atoms with van der Waals surface area (Å²) in [6.07, 6.45) is -31.8. The van der Waals surface area contributed by atoms with Gasteiger partial charge >= 0.3 is 0 Å². The van der Waals surface area contributed by atoms with Gasteiger partial charge in [0.05, 0.1) is 56.9 Å². The minimum Gasteiger partial charge on any atom is -0.394 e. The van der Waals surface area contributed by atoms with Gasteiger partial charge in [-0.1, -0.05) is 39.3 Å². The summed E-state index contributed by atoms with van der Waals surface area (Å²) in [6, 6.07) is 0. The monoisotopic (exact) mass is 1210 g/mol. The zero-order valence-electron chi connectivity index (χ0n) is 49.2. The molecule has 7 aliphatic heterocycles. The lowest BCUT2D eigenvalue weighted by molar-refractivity contribution is -0.401. The van der Waals surface area contributed by atoms with E-state index in [1.165, 1.54) is 6.92 Å². The number of rotatable bonds is 13. The van der Waals surface area contributed by atoms with Crippen LogP contribution in [0.3, 0.4) is 0 Å². The average Bonchev–Trinajstić information content (AvgIpc) is 1.44. The molecule has 2 bridgehead atoms. The summed E-state index contributed by atoms with van der Waals surface area (Å²) >= 11 is 0. The van der Waals surface area contributed by atoms with E-state index >= 15 is 0 Å². The van der Waals surface area contributed by atoms with E-state index in [1.54, 1.807) is 0 Å². The molecule has 0 aromatic carbocycles. The van der Waals surface area contributed by atoms with Crippen LogP contribution in [0.15, 0.2) is 11.6 Å². The van der Waals surface area contributed by atoms with Gasteiger partial charge in [-0.2, -0.15) is 0 Å². The Balaban J connectivity index is 0.870. The van der Waals surface area contributed by atoms with E-state index in [1.807, 2.05) is 20.8 Å². The van der Waals surface area contributed by atoms with Gasteiger partial charge in [-0.3, -0.25) is 0 Å². The first-order valence-corrected chi connectivity index (χ1v) is 30.3. The molecule has 0 amide bonds. The minimum absolute atomic E-state index is 0.110. The first-order valence-electron chi connectivity index (χ1n) is 30.3. The summed E-state index contributed by atoms with van der Waals surface area (Å²) in [5.41, 5.74) is -0.980. The highest BCUT2D eigenvalue weighted by atomic mass is 16.8. The van der Waals surface area contributed by atoms with Crippen LogP contribution in [0, 0.1) is 45.3 Å². The third kappa shape index (κ3) is 10.5. The number of allylic oxidation sites excluding steroid dienone is 1. The predicted molar refractivity (Wildman–Crippen MR) is 283 cm³/mol. The van der Waals surface area contributed by atoms with Gasteiger partial charge in [-0.15, -0.1) is 0 Å². The molecule has 0 radical (unpaired) electrons. The minimum atomic E-state index is -2.04.